The molecule has 0 aliphatic heterocycles. The highest BCUT2D eigenvalue weighted by Crippen LogP contribution is 2.15. The zero-order valence-electron chi connectivity index (χ0n) is 7.37. The Morgan fingerprint density at radius 2 is 2.36 bits per heavy atom. The van der Waals surface area contributed by atoms with Crippen molar-refractivity contribution in [2.24, 2.45) is 0 Å². The number of carbonyl (C=O) groups excluding carboxylic acids is 1. The van der Waals surface area contributed by atoms with Crippen LogP contribution in [0.1, 0.15) is 10.4 Å². The van der Waals surface area contributed by atoms with E-state index in [1.165, 1.54) is 12.1 Å². The second kappa shape index (κ2) is 4.41. The van der Waals surface area contributed by atoms with E-state index in [2.05, 4.69) is 11.3 Å². The molecule has 1 N–H and O–H groups in total. The maximum absolute atomic E-state index is 13.0. The van der Waals surface area contributed by atoms with E-state index in [-0.39, 0.29) is 17.9 Å². The van der Waals surface area contributed by atoms with Crippen molar-refractivity contribution in [2.45, 2.75) is 0 Å². The van der Waals surface area contributed by atoms with Gasteiger partial charge in [0.2, 0.25) is 0 Å². The van der Waals surface area contributed by atoms with Gasteiger partial charge >= 0.3 is 5.97 Å². The maximum atomic E-state index is 13.0. The summed E-state index contributed by atoms with van der Waals surface area (Å²) < 4.78 is 17.7. The Labute approximate surface area is 80.4 Å². The predicted octanol–water partition coefficient (Wildman–Crippen LogP) is 1.87. The number of carbonyl (C=O) groups is 1. The number of aromatic hydroxyl groups is 1. The van der Waals surface area contributed by atoms with Gasteiger partial charge in [-0.15, -0.1) is 0 Å². The molecular weight excluding hydrogens is 187 g/mol. The third kappa shape index (κ3) is 2.32. The largest absolute Gasteiger partial charge is 0.508 e. The van der Waals surface area contributed by atoms with Crippen molar-refractivity contribution in [1.82, 2.24) is 0 Å². The van der Waals surface area contributed by atoms with Crippen LogP contribution in [0.3, 0.4) is 0 Å². The third-order valence-electron chi connectivity index (χ3n) is 1.50. The molecule has 0 atom stereocenters. The van der Waals surface area contributed by atoms with Gasteiger partial charge < -0.3 is 9.84 Å². The first-order chi connectivity index (χ1) is 6.65. The summed E-state index contributed by atoms with van der Waals surface area (Å²) in [5.41, 5.74) is -0.204. The summed E-state index contributed by atoms with van der Waals surface area (Å²) in [6.07, 6.45) is 1.39. The van der Waals surface area contributed by atoms with Crippen LogP contribution in [0, 0.1) is 5.82 Å². The fourth-order valence-corrected chi connectivity index (χ4v) is 0.882. The first-order valence-corrected chi connectivity index (χ1v) is 3.91. The molecule has 3 nitrogen and oxygen atoms in total. The van der Waals surface area contributed by atoms with Crippen LogP contribution in [0.25, 0.3) is 0 Å². The van der Waals surface area contributed by atoms with Crippen LogP contribution in [0.5, 0.6) is 5.75 Å². The van der Waals surface area contributed by atoms with Gasteiger partial charge in [-0.1, -0.05) is 12.7 Å². The minimum absolute atomic E-state index is 0.0269. The SMILES string of the molecule is C=CCOC(=O)c1ccc(O)cc1F. The second-order valence-electron chi connectivity index (χ2n) is 2.55. The number of rotatable bonds is 3. The fraction of sp³-hybridized carbons (Fsp3) is 0.100. The number of ether oxygens (including phenoxy) is 1. The van der Waals surface area contributed by atoms with Gasteiger partial charge in [0.05, 0.1) is 5.56 Å². The molecule has 0 aliphatic carbocycles. The van der Waals surface area contributed by atoms with Crippen LogP contribution in [-0.2, 0) is 4.74 Å². The van der Waals surface area contributed by atoms with Crippen LogP contribution in [-0.4, -0.2) is 17.7 Å². The number of phenolic OH excluding ortho intramolecular Hbond substituents is 1. The van der Waals surface area contributed by atoms with Gasteiger partial charge in [0.15, 0.2) is 0 Å². The quantitative estimate of drug-likeness (QED) is 0.593. The van der Waals surface area contributed by atoms with Gasteiger partial charge in [-0.25, -0.2) is 9.18 Å². The minimum atomic E-state index is -0.806. The average Bonchev–Trinajstić information content (AvgIpc) is 2.14. The molecule has 0 heterocycles. The van der Waals surface area contributed by atoms with Crippen LogP contribution >= 0.6 is 0 Å². The van der Waals surface area contributed by atoms with Crippen molar-refractivity contribution < 1.29 is 19.0 Å². The van der Waals surface area contributed by atoms with E-state index in [4.69, 9.17) is 5.11 Å². The van der Waals surface area contributed by atoms with Crippen molar-refractivity contribution in [1.29, 1.82) is 0 Å². The molecule has 0 bridgehead atoms. The van der Waals surface area contributed by atoms with E-state index in [0.29, 0.717) is 0 Å². The standard InChI is InChI=1S/C10H9FO3/c1-2-5-14-10(13)8-4-3-7(12)6-9(8)11/h2-4,6,12H,1,5H2. The number of esters is 1. The van der Waals surface area contributed by atoms with Crippen molar-refractivity contribution in [2.75, 3.05) is 6.61 Å². The molecule has 0 fully saturated rings. The summed E-state index contributed by atoms with van der Waals surface area (Å²) in [4.78, 5) is 11.1. The molecule has 0 amide bonds. The molecule has 0 unspecified atom stereocenters. The van der Waals surface area contributed by atoms with Crippen molar-refractivity contribution in [3.63, 3.8) is 0 Å². The summed E-state index contributed by atoms with van der Waals surface area (Å²) in [6.45, 7) is 3.38. The molecule has 0 aromatic heterocycles. The van der Waals surface area contributed by atoms with E-state index < -0.39 is 11.8 Å². The first-order valence-electron chi connectivity index (χ1n) is 3.91. The Bertz CT molecular complexity index is 360. The topological polar surface area (TPSA) is 46.5 Å². The summed E-state index contributed by atoms with van der Waals surface area (Å²) >= 11 is 0. The lowest BCUT2D eigenvalue weighted by Gasteiger charge is -2.02. The summed E-state index contributed by atoms with van der Waals surface area (Å²) in [7, 11) is 0. The lowest BCUT2D eigenvalue weighted by molar-refractivity contribution is 0.0544. The van der Waals surface area contributed by atoms with E-state index in [1.807, 2.05) is 0 Å². The molecule has 0 spiro atoms. The molecule has 0 saturated carbocycles. The molecule has 74 valence electrons. The molecule has 4 heteroatoms. The highest BCUT2D eigenvalue weighted by molar-refractivity contribution is 5.89. The van der Waals surface area contributed by atoms with Gasteiger partial charge in [-0.3, -0.25) is 0 Å². The molecule has 14 heavy (non-hydrogen) atoms. The Balaban J connectivity index is 2.84. The van der Waals surface area contributed by atoms with Gasteiger partial charge in [-0.2, -0.15) is 0 Å². The normalized spacial score (nSPS) is 9.50. The molecule has 1 rings (SSSR count). The Kier molecular flexibility index (Phi) is 3.23. The predicted molar refractivity (Wildman–Crippen MR) is 48.5 cm³/mol. The second-order valence-corrected chi connectivity index (χ2v) is 2.55. The molecule has 1 aromatic carbocycles. The highest BCUT2D eigenvalue weighted by Gasteiger charge is 2.12. The van der Waals surface area contributed by atoms with Crippen LogP contribution in [0.15, 0.2) is 30.9 Å². The first kappa shape index (κ1) is 10.2. The van der Waals surface area contributed by atoms with Crippen molar-refractivity contribution in [3.8, 4) is 5.75 Å². The number of hydrogen-bond acceptors (Lipinski definition) is 3. The molecule has 0 radical (unpaired) electrons. The van der Waals surface area contributed by atoms with Crippen LogP contribution < -0.4 is 0 Å². The van der Waals surface area contributed by atoms with E-state index >= 15 is 0 Å². The van der Waals surface area contributed by atoms with E-state index in [9.17, 15) is 9.18 Å². The van der Waals surface area contributed by atoms with Crippen molar-refractivity contribution in [3.05, 3.63) is 42.2 Å². The van der Waals surface area contributed by atoms with E-state index in [1.54, 1.807) is 0 Å². The Morgan fingerprint density at radius 3 is 2.93 bits per heavy atom. The number of hydrogen-bond donors (Lipinski definition) is 1. The number of halogens is 1. The zero-order chi connectivity index (χ0) is 10.6. The summed E-state index contributed by atoms with van der Waals surface area (Å²) in [6, 6.07) is 3.23. The lowest BCUT2D eigenvalue weighted by atomic mass is 10.2. The molecule has 0 aliphatic rings. The molecular formula is C10H9FO3. The number of benzene rings is 1. The average molecular weight is 196 g/mol. The van der Waals surface area contributed by atoms with Gasteiger partial charge in [0, 0.05) is 6.07 Å². The van der Waals surface area contributed by atoms with Gasteiger partial charge in [-0.05, 0) is 12.1 Å². The lowest BCUT2D eigenvalue weighted by Crippen LogP contribution is -2.07. The van der Waals surface area contributed by atoms with Gasteiger partial charge in [0.1, 0.15) is 18.2 Å². The van der Waals surface area contributed by atoms with E-state index in [0.717, 1.165) is 12.1 Å². The van der Waals surface area contributed by atoms with Gasteiger partial charge in [0.25, 0.3) is 0 Å². The zero-order valence-corrected chi connectivity index (χ0v) is 7.37. The smallest absolute Gasteiger partial charge is 0.341 e. The van der Waals surface area contributed by atoms with Crippen LogP contribution in [0.4, 0.5) is 4.39 Å². The minimum Gasteiger partial charge on any atom is -0.508 e. The Hall–Kier alpha value is -1.84. The Morgan fingerprint density at radius 1 is 1.64 bits per heavy atom. The monoisotopic (exact) mass is 196 g/mol. The maximum Gasteiger partial charge on any atom is 0.341 e. The summed E-state index contributed by atoms with van der Waals surface area (Å²) in [5.74, 6) is -1.82. The fourth-order valence-electron chi connectivity index (χ4n) is 0.882. The third-order valence-corrected chi connectivity index (χ3v) is 1.50. The van der Waals surface area contributed by atoms with Crippen molar-refractivity contribution >= 4 is 5.97 Å². The molecule has 1 aromatic rings. The van der Waals surface area contributed by atoms with Crippen LogP contribution in [0.2, 0.25) is 0 Å². The molecule has 0 saturated heterocycles. The number of phenols is 1. The highest BCUT2D eigenvalue weighted by atomic mass is 19.1. The summed E-state index contributed by atoms with van der Waals surface area (Å²) in [5, 5.41) is 8.89.